The van der Waals surface area contributed by atoms with Gasteiger partial charge in [0.2, 0.25) is 0 Å². The molecule has 4 heteroatoms. The van der Waals surface area contributed by atoms with E-state index in [1.807, 2.05) is 4.90 Å². The first kappa shape index (κ1) is 13.5. The number of carbonyl (C=O) groups is 1. The largest absolute Gasteiger partial charge is 0.336 e. The highest BCUT2D eigenvalue weighted by molar-refractivity contribution is 9.10. The molecule has 0 radical (unpaired) electrons. The van der Waals surface area contributed by atoms with Crippen LogP contribution in [0.25, 0.3) is 0 Å². The molecule has 18 heavy (non-hydrogen) atoms. The predicted molar refractivity (Wildman–Crippen MR) is 73.0 cm³/mol. The summed E-state index contributed by atoms with van der Waals surface area (Å²) < 4.78 is 13.9. The maximum Gasteiger partial charge on any atom is 0.255 e. The molecular formula is C14H17BrFNO. The van der Waals surface area contributed by atoms with Crippen molar-refractivity contribution >= 4 is 21.8 Å². The van der Waals surface area contributed by atoms with Crippen LogP contribution in [-0.2, 0) is 0 Å². The average Bonchev–Trinajstić information content (AvgIpc) is 2.34. The molecule has 2 unspecified atom stereocenters. The second kappa shape index (κ2) is 5.39. The number of halogens is 2. The number of rotatable bonds is 1. The first-order valence-corrected chi connectivity index (χ1v) is 7.04. The molecule has 0 N–H and O–H groups in total. The van der Waals surface area contributed by atoms with E-state index >= 15 is 0 Å². The topological polar surface area (TPSA) is 20.3 Å². The minimum Gasteiger partial charge on any atom is -0.336 e. The molecule has 1 fully saturated rings. The number of nitrogens with zero attached hydrogens (tertiary/aromatic N) is 1. The van der Waals surface area contributed by atoms with Crippen molar-refractivity contribution in [1.29, 1.82) is 0 Å². The van der Waals surface area contributed by atoms with Gasteiger partial charge >= 0.3 is 0 Å². The van der Waals surface area contributed by atoms with Gasteiger partial charge in [-0.15, -0.1) is 0 Å². The molecule has 1 aromatic carbocycles. The highest BCUT2D eigenvalue weighted by atomic mass is 79.9. The Kier molecular flexibility index (Phi) is 4.05. The van der Waals surface area contributed by atoms with E-state index in [0.29, 0.717) is 16.0 Å². The van der Waals surface area contributed by atoms with Gasteiger partial charge in [-0.05, 0) is 59.8 Å². The smallest absolute Gasteiger partial charge is 0.255 e. The van der Waals surface area contributed by atoms with Crippen LogP contribution in [0.4, 0.5) is 4.39 Å². The maximum absolute atomic E-state index is 13.3. The lowest BCUT2D eigenvalue weighted by atomic mass is 9.94. The highest BCUT2D eigenvalue weighted by Crippen LogP contribution is 2.26. The molecule has 0 spiro atoms. The molecule has 1 aliphatic rings. The molecule has 2 rings (SSSR count). The van der Waals surface area contributed by atoms with E-state index in [2.05, 4.69) is 29.8 Å². The van der Waals surface area contributed by atoms with Crippen LogP contribution < -0.4 is 0 Å². The van der Waals surface area contributed by atoms with Crippen molar-refractivity contribution < 1.29 is 9.18 Å². The summed E-state index contributed by atoms with van der Waals surface area (Å²) in [5.41, 5.74) is 0.413. The van der Waals surface area contributed by atoms with Gasteiger partial charge in [0.1, 0.15) is 5.82 Å². The Bertz CT molecular complexity index is 463. The molecule has 0 aliphatic carbocycles. The minimum atomic E-state index is -0.376. The zero-order valence-corrected chi connectivity index (χ0v) is 12.2. The Hall–Kier alpha value is -0.900. The van der Waals surface area contributed by atoms with Crippen LogP contribution in [0.3, 0.4) is 0 Å². The number of amides is 1. The Morgan fingerprint density at radius 2 is 2.11 bits per heavy atom. The average molecular weight is 314 g/mol. The molecule has 2 atom stereocenters. The molecular weight excluding hydrogens is 297 g/mol. The third-order valence-electron chi connectivity index (χ3n) is 3.54. The number of hydrogen-bond donors (Lipinski definition) is 0. The summed E-state index contributed by atoms with van der Waals surface area (Å²) in [4.78, 5) is 14.3. The van der Waals surface area contributed by atoms with Crippen LogP contribution in [0, 0.1) is 11.7 Å². The highest BCUT2D eigenvalue weighted by Gasteiger charge is 2.28. The third-order valence-corrected chi connectivity index (χ3v) is 4.23. The van der Waals surface area contributed by atoms with Crippen molar-refractivity contribution in [2.24, 2.45) is 5.92 Å². The number of carbonyl (C=O) groups excluding carboxylic acids is 1. The molecule has 1 amide bonds. The second-order valence-corrected chi connectivity index (χ2v) is 5.97. The van der Waals surface area contributed by atoms with E-state index in [9.17, 15) is 9.18 Å². The van der Waals surface area contributed by atoms with Crippen LogP contribution in [0.2, 0.25) is 0 Å². The van der Waals surface area contributed by atoms with E-state index in [-0.39, 0.29) is 17.8 Å². The fourth-order valence-electron chi connectivity index (χ4n) is 2.39. The second-order valence-electron chi connectivity index (χ2n) is 5.11. The third kappa shape index (κ3) is 2.74. The van der Waals surface area contributed by atoms with Crippen molar-refractivity contribution in [2.75, 3.05) is 6.54 Å². The summed E-state index contributed by atoms with van der Waals surface area (Å²) >= 11 is 3.32. The van der Waals surface area contributed by atoms with Gasteiger partial charge in [0, 0.05) is 17.1 Å². The Balaban J connectivity index is 2.27. The number of piperidine rings is 1. The fraction of sp³-hybridized carbons (Fsp3) is 0.500. The van der Waals surface area contributed by atoms with Crippen molar-refractivity contribution in [3.8, 4) is 0 Å². The number of hydrogen-bond acceptors (Lipinski definition) is 1. The van der Waals surface area contributed by atoms with Gasteiger partial charge in [-0.3, -0.25) is 4.79 Å². The summed E-state index contributed by atoms with van der Waals surface area (Å²) in [7, 11) is 0. The van der Waals surface area contributed by atoms with Gasteiger partial charge in [-0.2, -0.15) is 0 Å². The first-order valence-electron chi connectivity index (χ1n) is 6.25. The Labute approximate surface area is 115 Å². The van der Waals surface area contributed by atoms with E-state index in [4.69, 9.17) is 0 Å². The summed E-state index contributed by atoms with van der Waals surface area (Å²) in [6.45, 7) is 4.95. The van der Waals surface area contributed by atoms with Crippen molar-refractivity contribution in [1.82, 2.24) is 4.90 Å². The summed E-state index contributed by atoms with van der Waals surface area (Å²) in [6, 6.07) is 4.46. The molecule has 1 saturated heterocycles. The lowest BCUT2D eigenvalue weighted by Gasteiger charge is -2.37. The molecule has 1 aromatic rings. The first-order chi connectivity index (χ1) is 8.49. The molecule has 1 aliphatic heterocycles. The van der Waals surface area contributed by atoms with Gasteiger partial charge in [0.05, 0.1) is 5.56 Å². The molecule has 1 heterocycles. The number of benzene rings is 1. The zero-order valence-electron chi connectivity index (χ0n) is 10.6. The normalized spacial score (nSPS) is 24.1. The summed E-state index contributed by atoms with van der Waals surface area (Å²) in [5, 5.41) is 0. The maximum atomic E-state index is 13.3. The Morgan fingerprint density at radius 3 is 2.83 bits per heavy atom. The van der Waals surface area contributed by atoms with E-state index < -0.39 is 0 Å². The van der Waals surface area contributed by atoms with Crippen LogP contribution in [0.1, 0.15) is 37.0 Å². The van der Waals surface area contributed by atoms with Crippen molar-refractivity contribution in [3.05, 3.63) is 34.1 Å². The summed E-state index contributed by atoms with van der Waals surface area (Å²) in [6.07, 6.45) is 2.16. The van der Waals surface area contributed by atoms with Gasteiger partial charge < -0.3 is 4.90 Å². The summed E-state index contributed by atoms with van der Waals surface area (Å²) in [5.74, 6) is 0.0529. The molecule has 98 valence electrons. The molecule has 0 aromatic heterocycles. The van der Waals surface area contributed by atoms with Crippen molar-refractivity contribution in [3.63, 3.8) is 0 Å². The van der Waals surface area contributed by atoms with Gasteiger partial charge in [0.25, 0.3) is 5.91 Å². The van der Waals surface area contributed by atoms with Crippen molar-refractivity contribution in [2.45, 2.75) is 32.7 Å². The SMILES string of the molecule is CC1CCC(C)N(C(=O)c2cc(F)ccc2Br)C1. The van der Waals surface area contributed by atoms with Gasteiger partial charge in [-0.1, -0.05) is 6.92 Å². The van der Waals surface area contributed by atoms with Crippen LogP contribution in [0.5, 0.6) is 0 Å². The zero-order chi connectivity index (χ0) is 13.3. The van der Waals surface area contributed by atoms with Gasteiger partial charge in [-0.25, -0.2) is 4.39 Å². The lowest BCUT2D eigenvalue weighted by Crippen LogP contribution is -2.45. The van der Waals surface area contributed by atoms with E-state index in [1.54, 1.807) is 6.07 Å². The quantitative estimate of drug-likeness (QED) is 0.771. The number of likely N-dealkylation sites (tertiary alicyclic amines) is 1. The molecule has 0 bridgehead atoms. The fourth-order valence-corrected chi connectivity index (χ4v) is 2.80. The van der Waals surface area contributed by atoms with Crippen LogP contribution in [0.15, 0.2) is 22.7 Å². The van der Waals surface area contributed by atoms with Crippen LogP contribution in [-0.4, -0.2) is 23.4 Å². The van der Waals surface area contributed by atoms with E-state index in [0.717, 1.165) is 19.4 Å². The van der Waals surface area contributed by atoms with Gasteiger partial charge in [0.15, 0.2) is 0 Å². The standard InChI is InChI=1S/C14H17BrFNO/c1-9-3-4-10(2)17(8-9)14(18)12-7-11(16)5-6-13(12)15/h5-7,9-10H,3-4,8H2,1-2H3. The van der Waals surface area contributed by atoms with E-state index in [1.165, 1.54) is 12.1 Å². The minimum absolute atomic E-state index is 0.0829. The lowest BCUT2D eigenvalue weighted by molar-refractivity contribution is 0.0572. The molecule has 0 saturated carbocycles. The monoisotopic (exact) mass is 313 g/mol. The van der Waals surface area contributed by atoms with Crippen LogP contribution >= 0.6 is 15.9 Å². The predicted octanol–water partition coefficient (Wildman–Crippen LogP) is 3.85. The Morgan fingerprint density at radius 1 is 1.39 bits per heavy atom. The molecule has 2 nitrogen and oxygen atoms in total.